The zero-order chi connectivity index (χ0) is 18.7. The fourth-order valence-electron chi connectivity index (χ4n) is 3.94. The first-order chi connectivity index (χ1) is 12.3. The number of nitrogens with one attached hydrogen (secondary N) is 1. The Morgan fingerprint density at radius 2 is 2.15 bits per heavy atom. The van der Waals surface area contributed by atoms with E-state index < -0.39 is 24.9 Å². The van der Waals surface area contributed by atoms with Crippen molar-refractivity contribution in [3.05, 3.63) is 18.2 Å². The van der Waals surface area contributed by atoms with Gasteiger partial charge in [0.25, 0.3) is 0 Å². The number of rotatable bonds is 5. The highest BCUT2D eigenvalue weighted by atomic mass is 19.4. The predicted molar refractivity (Wildman–Crippen MR) is 87.0 cm³/mol. The maximum absolute atomic E-state index is 12.3. The predicted octanol–water partition coefficient (Wildman–Crippen LogP) is 2.13. The zero-order valence-corrected chi connectivity index (χ0v) is 14.5. The van der Waals surface area contributed by atoms with Gasteiger partial charge in [0.1, 0.15) is 0 Å². The number of carbonyl (C=O) groups is 2. The van der Waals surface area contributed by atoms with Crippen molar-refractivity contribution in [1.82, 2.24) is 19.8 Å². The molecule has 2 atom stereocenters. The maximum Gasteiger partial charge on any atom is 0.389 e. The summed E-state index contributed by atoms with van der Waals surface area (Å²) < 4.78 is 37.0. The minimum absolute atomic E-state index is 0.0610. The second kappa shape index (κ2) is 7.67. The number of hydrogen-bond acceptors (Lipinski definition) is 3. The van der Waals surface area contributed by atoms with E-state index in [1.807, 2.05) is 4.90 Å². The lowest BCUT2D eigenvalue weighted by molar-refractivity contribution is -0.153. The van der Waals surface area contributed by atoms with Gasteiger partial charge in [0.05, 0.1) is 12.7 Å². The summed E-state index contributed by atoms with van der Waals surface area (Å²) in [5.41, 5.74) is 0.958. The quantitative estimate of drug-likeness (QED) is 0.861. The first-order valence-corrected chi connectivity index (χ1v) is 8.95. The first-order valence-electron chi connectivity index (χ1n) is 8.95. The number of nitrogens with zero attached hydrogens (tertiary/aromatic N) is 3. The summed E-state index contributed by atoms with van der Waals surface area (Å²) >= 11 is 0. The van der Waals surface area contributed by atoms with Crippen molar-refractivity contribution < 1.29 is 22.8 Å². The molecule has 3 heterocycles. The van der Waals surface area contributed by atoms with Crippen LogP contribution in [-0.2, 0) is 16.0 Å². The van der Waals surface area contributed by atoms with Gasteiger partial charge in [0.2, 0.25) is 11.8 Å². The summed E-state index contributed by atoms with van der Waals surface area (Å²) in [7, 11) is 0. The third kappa shape index (κ3) is 4.56. The summed E-state index contributed by atoms with van der Waals surface area (Å²) in [5.74, 6) is -0.192. The number of piperidine rings is 2. The van der Waals surface area contributed by atoms with E-state index in [0.717, 1.165) is 5.69 Å². The molecule has 2 aliphatic rings. The van der Waals surface area contributed by atoms with E-state index in [1.165, 1.54) is 4.90 Å². The number of fused-ring (bicyclic) bond motifs is 1. The van der Waals surface area contributed by atoms with Crippen LogP contribution in [0.5, 0.6) is 0 Å². The van der Waals surface area contributed by atoms with E-state index >= 15 is 0 Å². The van der Waals surface area contributed by atoms with E-state index in [4.69, 9.17) is 0 Å². The van der Waals surface area contributed by atoms with Gasteiger partial charge in [-0.2, -0.15) is 13.2 Å². The van der Waals surface area contributed by atoms with E-state index in [0.29, 0.717) is 45.3 Å². The molecule has 1 N–H and O–H groups in total. The topological polar surface area (TPSA) is 69.3 Å². The molecule has 144 valence electrons. The third-order valence-electron chi connectivity index (χ3n) is 5.30. The molecule has 0 unspecified atom stereocenters. The van der Waals surface area contributed by atoms with Gasteiger partial charge in [0.15, 0.2) is 0 Å². The number of aromatic amines is 1. The van der Waals surface area contributed by atoms with Crippen molar-refractivity contribution in [3.63, 3.8) is 0 Å². The van der Waals surface area contributed by atoms with Crippen LogP contribution in [0, 0.1) is 5.92 Å². The van der Waals surface area contributed by atoms with Crippen LogP contribution in [0.1, 0.15) is 37.8 Å². The number of amides is 2. The molecule has 0 aliphatic carbocycles. The average Bonchev–Trinajstić information content (AvgIpc) is 3.11. The van der Waals surface area contributed by atoms with Crippen LogP contribution in [0.15, 0.2) is 12.5 Å². The standard InChI is InChI=1S/C17H23F3N4O2/c18-17(19,20)6-3-15(25)23-7-5-14-12(10-23)1-2-16(26)24(14)8-4-13-9-21-11-22-13/h9,11-12,14H,1-8,10H2,(H,21,22)/t12-,14+/m0/s1. The number of halogens is 3. The van der Waals surface area contributed by atoms with Crippen LogP contribution in [0.4, 0.5) is 13.2 Å². The molecule has 9 heteroatoms. The molecule has 6 nitrogen and oxygen atoms in total. The largest absolute Gasteiger partial charge is 0.389 e. The van der Waals surface area contributed by atoms with Gasteiger partial charge < -0.3 is 14.8 Å². The van der Waals surface area contributed by atoms with Crippen LogP contribution in [0.25, 0.3) is 0 Å². The number of H-pyrrole nitrogens is 1. The van der Waals surface area contributed by atoms with E-state index in [2.05, 4.69) is 9.97 Å². The Hall–Kier alpha value is -2.06. The van der Waals surface area contributed by atoms with Crippen molar-refractivity contribution in [2.45, 2.75) is 50.7 Å². The molecular weight excluding hydrogens is 349 g/mol. The third-order valence-corrected chi connectivity index (χ3v) is 5.30. The molecule has 2 saturated heterocycles. The fraction of sp³-hybridized carbons (Fsp3) is 0.706. The zero-order valence-electron chi connectivity index (χ0n) is 14.5. The summed E-state index contributed by atoms with van der Waals surface area (Å²) in [6.07, 6.45) is -0.138. The molecule has 26 heavy (non-hydrogen) atoms. The number of carbonyl (C=O) groups excluding carboxylic acids is 2. The van der Waals surface area contributed by atoms with E-state index in [1.54, 1.807) is 12.5 Å². The lowest BCUT2D eigenvalue weighted by Crippen LogP contribution is -2.57. The van der Waals surface area contributed by atoms with Gasteiger partial charge in [-0.25, -0.2) is 4.98 Å². The lowest BCUT2D eigenvalue weighted by Gasteiger charge is -2.47. The highest BCUT2D eigenvalue weighted by Gasteiger charge is 2.40. The average molecular weight is 372 g/mol. The Labute approximate surface area is 149 Å². The second-order valence-electron chi connectivity index (χ2n) is 7.02. The normalized spacial score (nSPS) is 23.9. The van der Waals surface area contributed by atoms with Gasteiger partial charge in [0, 0.05) is 56.8 Å². The van der Waals surface area contributed by atoms with Crippen LogP contribution < -0.4 is 0 Å². The highest BCUT2D eigenvalue weighted by Crippen LogP contribution is 2.32. The highest BCUT2D eigenvalue weighted by molar-refractivity contribution is 5.78. The molecule has 0 aromatic carbocycles. The van der Waals surface area contributed by atoms with Crippen molar-refractivity contribution >= 4 is 11.8 Å². The molecule has 0 spiro atoms. The van der Waals surface area contributed by atoms with Crippen molar-refractivity contribution in [2.24, 2.45) is 5.92 Å². The number of likely N-dealkylation sites (tertiary alicyclic amines) is 2. The minimum atomic E-state index is -4.31. The molecule has 2 aliphatic heterocycles. The first kappa shape index (κ1) is 18.7. The van der Waals surface area contributed by atoms with E-state index in [9.17, 15) is 22.8 Å². The van der Waals surface area contributed by atoms with Crippen molar-refractivity contribution in [1.29, 1.82) is 0 Å². The van der Waals surface area contributed by atoms with E-state index in [-0.39, 0.29) is 17.9 Å². The summed E-state index contributed by atoms with van der Waals surface area (Å²) in [6, 6.07) is 0.0610. The molecular formula is C17H23F3N4O2. The minimum Gasteiger partial charge on any atom is -0.348 e. The Morgan fingerprint density at radius 1 is 1.35 bits per heavy atom. The van der Waals surface area contributed by atoms with Crippen LogP contribution in [0.2, 0.25) is 0 Å². The monoisotopic (exact) mass is 372 g/mol. The number of hydrogen-bond donors (Lipinski definition) is 1. The Bertz CT molecular complexity index is 632. The van der Waals surface area contributed by atoms with Gasteiger partial charge in [-0.05, 0) is 18.8 Å². The van der Waals surface area contributed by atoms with Crippen molar-refractivity contribution in [3.8, 4) is 0 Å². The fourth-order valence-corrected chi connectivity index (χ4v) is 3.94. The number of aromatic nitrogens is 2. The lowest BCUT2D eigenvalue weighted by atomic mass is 9.83. The molecule has 2 fully saturated rings. The van der Waals surface area contributed by atoms with Gasteiger partial charge >= 0.3 is 6.18 Å². The molecule has 1 aromatic heterocycles. The molecule has 2 amide bonds. The molecule has 0 saturated carbocycles. The number of alkyl halides is 3. The molecule has 3 rings (SSSR count). The summed E-state index contributed by atoms with van der Waals surface area (Å²) in [6.45, 7) is 1.44. The Kier molecular flexibility index (Phi) is 5.52. The summed E-state index contributed by atoms with van der Waals surface area (Å²) in [5, 5.41) is 0. The van der Waals surface area contributed by atoms with Crippen LogP contribution in [0.3, 0.4) is 0 Å². The van der Waals surface area contributed by atoms with Crippen LogP contribution in [-0.4, -0.2) is 63.4 Å². The second-order valence-corrected chi connectivity index (χ2v) is 7.02. The smallest absolute Gasteiger partial charge is 0.348 e. The number of imidazole rings is 1. The van der Waals surface area contributed by atoms with Crippen LogP contribution >= 0.6 is 0 Å². The SMILES string of the molecule is O=C(CCC(F)(F)F)N1CC[C@@H]2[C@@H](CCC(=O)N2CCc2cnc[nH]2)C1. The maximum atomic E-state index is 12.3. The van der Waals surface area contributed by atoms with Crippen molar-refractivity contribution in [2.75, 3.05) is 19.6 Å². The van der Waals surface area contributed by atoms with Gasteiger partial charge in [-0.3, -0.25) is 9.59 Å². The Morgan fingerprint density at radius 3 is 2.85 bits per heavy atom. The molecule has 0 radical (unpaired) electrons. The van der Waals surface area contributed by atoms with Gasteiger partial charge in [-0.1, -0.05) is 0 Å². The van der Waals surface area contributed by atoms with Gasteiger partial charge in [-0.15, -0.1) is 0 Å². The Balaban J connectivity index is 1.56. The molecule has 0 bridgehead atoms. The molecule has 1 aromatic rings. The summed E-state index contributed by atoms with van der Waals surface area (Å²) in [4.78, 5) is 34.8.